The minimum atomic E-state index is -4.68. The number of rotatable bonds is 22. The number of carbonyl (C=O) groups excluding carboxylic acids is 1. The molecule has 0 aromatic heterocycles. The van der Waals surface area contributed by atoms with Gasteiger partial charge >= 0.3 is 5.51 Å². The molecule has 0 spiro atoms. The molecule has 3 atom stereocenters. The van der Waals surface area contributed by atoms with E-state index in [2.05, 4.69) is 71.0 Å². The SMILES string of the molecule is CN(CCC1CCC(c2ccc(Cl)cc2)=C(CN2CCN(c3ccc(C(=O)c4ccc(NC(CCN5CCCOCC5)CSc5ccccc5)c(OOSC(F)(F)F)c4)cc3)CC2)C1)CC1CC[N-]CC1.NS(=O)[O-].[Y]. The van der Waals surface area contributed by atoms with E-state index in [1.165, 1.54) is 49.4 Å². The molecule has 8 rings (SSSR count). The Bertz CT molecular complexity index is 2410. The van der Waals surface area contributed by atoms with Crippen molar-refractivity contribution in [3.05, 3.63) is 130 Å². The molecule has 76 heavy (non-hydrogen) atoms. The molecule has 3 unspecified atom stereocenters. The number of piperidine rings is 1. The van der Waals surface area contributed by atoms with Gasteiger partial charge in [0.1, 0.15) is 0 Å². The molecule has 0 saturated carbocycles. The molecule has 4 aliphatic rings. The van der Waals surface area contributed by atoms with Crippen LogP contribution in [-0.4, -0.2) is 145 Å². The summed E-state index contributed by atoms with van der Waals surface area (Å²) in [6.07, 6.45) is 8.81. The Hall–Kier alpha value is -2.60. The van der Waals surface area contributed by atoms with Crippen molar-refractivity contribution in [2.75, 3.05) is 115 Å². The van der Waals surface area contributed by atoms with Gasteiger partial charge in [0.2, 0.25) is 0 Å². The summed E-state index contributed by atoms with van der Waals surface area (Å²) in [6.45, 7) is 12.9. The van der Waals surface area contributed by atoms with Crippen molar-refractivity contribution in [2.24, 2.45) is 17.0 Å². The Morgan fingerprint density at radius 2 is 1.64 bits per heavy atom. The summed E-state index contributed by atoms with van der Waals surface area (Å²) >= 11 is 4.92. The Morgan fingerprint density at radius 1 is 0.934 bits per heavy atom. The van der Waals surface area contributed by atoms with Gasteiger partial charge in [-0.15, -0.1) is 29.2 Å². The standard InChI is InChI=1S/C55H69ClF3N6O4S2.H3NO2S.Y/c1-62(38-42-20-24-60-25-21-42)27-22-41-8-18-51(43-9-14-47(56)15-10-43)46(36-41)39-64-29-31-65(32-30-64)49-16-11-44(12-17-49)54(66)45-13-19-52(53(37-45)68-69-71-55(57,58)59)61-48(40-70-50-6-3-2-4-7-50)23-28-63-26-5-34-67-35-33-63;1-4(2)3;/h2-4,6-7,9-17,19,37,41-42,48,61H,5,8,18,20-36,38-40H2,1H3;1H2,(H,2,3);/q-1;;/p-1. The molecular weight excluding hydrogens is 1130 g/mol. The van der Waals surface area contributed by atoms with Crippen molar-refractivity contribution in [3.8, 4) is 5.75 Å². The van der Waals surface area contributed by atoms with E-state index in [0.29, 0.717) is 29.5 Å². The second-order valence-corrected chi connectivity index (χ2v) is 22.5. The summed E-state index contributed by atoms with van der Waals surface area (Å²) in [7, 11) is 2.29. The van der Waals surface area contributed by atoms with Crippen LogP contribution in [0.4, 0.5) is 24.5 Å². The largest absolute Gasteiger partial charge is 0.760 e. The number of thioether (sulfide) groups is 1. The fourth-order valence-electron chi connectivity index (χ4n) is 10.3. The van der Waals surface area contributed by atoms with Gasteiger partial charge in [-0.2, -0.15) is 13.2 Å². The number of allylic oxidation sites excluding steroid dienone is 1. The first-order valence-corrected chi connectivity index (χ1v) is 29.2. The topological polar surface area (TPSA) is 150 Å². The van der Waals surface area contributed by atoms with E-state index in [-0.39, 0.29) is 55.8 Å². The normalized spacial score (nSPS) is 19.0. The fraction of sp³-hybridized carbons (Fsp3) is 0.509. The minimum absolute atomic E-state index is 0. The molecule has 1 aliphatic carbocycles. The number of halogens is 4. The van der Waals surface area contributed by atoms with Crippen molar-refractivity contribution in [1.82, 2.24) is 14.7 Å². The summed E-state index contributed by atoms with van der Waals surface area (Å²) < 4.78 is 67.5. The molecule has 3 fully saturated rings. The van der Waals surface area contributed by atoms with Crippen LogP contribution in [0.15, 0.2) is 108 Å². The first-order chi connectivity index (χ1) is 36.2. The summed E-state index contributed by atoms with van der Waals surface area (Å²) in [4.78, 5) is 30.3. The number of alkyl halides is 3. The van der Waals surface area contributed by atoms with Gasteiger partial charge in [-0.05, 0) is 142 Å². The number of piperazine rings is 1. The molecule has 3 saturated heterocycles. The van der Waals surface area contributed by atoms with Crippen LogP contribution >= 0.6 is 35.4 Å². The molecule has 21 heteroatoms. The Labute approximate surface area is 488 Å². The van der Waals surface area contributed by atoms with Gasteiger partial charge in [0.15, 0.2) is 23.6 Å². The van der Waals surface area contributed by atoms with Crippen LogP contribution in [0, 0.1) is 11.8 Å². The molecule has 413 valence electrons. The second kappa shape index (κ2) is 32.6. The fourth-order valence-corrected chi connectivity index (χ4v) is 11.6. The molecule has 1 radical (unpaired) electrons. The predicted octanol–water partition coefficient (Wildman–Crippen LogP) is 11.0. The third kappa shape index (κ3) is 21.5. The van der Waals surface area contributed by atoms with Gasteiger partial charge < -0.3 is 39.5 Å². The van der Waals surface area contributed by atoms with E-state index in [4.69, 9.17) is 30.0 Å². The van der Waals surface area contributed by atoms with E-state index in [0.717, 1.165) is 126 Å². The first-order valence-electron chi connectivity index (χ1n) is 26.0. The van der Waals surface area contributed by atoms with Gasteiger partial charge in [-0.25, -0.2) is 0 Å². The average Bonchev–Trinajstić information content (AvgIpc) is 3.69. The number of ether oxygens (including phenoxy) is 1. The predicted molar refractivity (Wildman–Crippen MR) is 298 cm³/mol. The minimum Gasteiger partial charge on any atom is -0.760 e. The summed E-state index contributed by atoms with van der Waals surface area (Å²) in [5, 5.41) is 12.9. The molecule has 13 nitrogen and oxygen atoms in total. The number of nitrogens with one attached hydrogen (secondary N) is 1. The zero-order valence-electron chi connectivity index (χ0n) is 43.3. The van der Waals surface area contributed by atoms with Crippen LogP contribution in [0.1, 0.15) is 72.9 Å². The maximum atomic E-state index is 14.0. The van der Waals surface area contributed by atoms with Crippen molar-refractivity contribution in [2.45, 2.75) is 67.8 Å². The third-order valence-corrected chi connectivity index (χ3v) is 16.0. The maximum absolute atomic E-state index is 14.0. The summed E-state index contributed by atoms with van der Waals surface area (Å²) in [5.74, 6) is 1.85. The van der Waals surface area contributed by atoms with Gasteiger partial charge in [0, 0.05) is 148 Å². The Kier molecular flexibility index (Phi) is 26.9. The van der Waals surface area contributed by atoms with Gasteiger partial charge in [-0.1, -0.05) is 60.3 Å². The first kappa shape index (κ1) is 62.6. The quantitative estimate of drug-likeness (QED) is 0.0192. The molecular formula is C55H71ClF3N7O6S3Y-2. The number of ketones is 1. The number of benzene rings is 4. The van der Waals surface area contributed by atoms with Crippen LogP contribution in [0.3, 0.4) is 0 Å². The smallest absolute Gasteiger partial charge is 0.471 e. The average molecular weight is 1200 g/mol. The number of hydrogen-bond acceptors (Lipinski definition) is 13. The monoisotopic (exact) mass is 1200 g/mol. The van der Waals surface area contributed by atoms with E-state index >= 15 is 0 Å². The number of carbonyl (C=O) groups is 1. The van der Waals surface area contributed by atoms with E-state index in [1.54, 1.807) is 29.5 Å². The molecule has 0 bridgehead atoms. The molecule has 4 aromatic carbocycles. The Balaban J connectivity index is 0.00000181. The van der Waals surface area contributed by atoms with Crippen LogP contribution in [0.5, 0.6) is 5.75 Å². The van der Waals surface area contributed by atoms with Crippen molar-refractivity contribution >= 4 is 69.4 Å². The zero-order chi connectivity index (χ0) is 53.0. The van der Waals surface area contributed by atoms with Gasteiger partial charge in [-0.3, -0.25) is 19.0 Å². The van der Waals surface area contributed by atoms with Crippen LogP contribution < -0.4 is 20.2 Å². The van der Waals surface area contributed by atoms with Crippen molar-refractivity contribution in [3.63, 3.8) is 0 Å². The van der Waals surface area contributed by atoms with Crippen molar-refractivity contribution in [1.29, 1.82) is 0 Å². The van der Waals surface area contributed by atoms with Crippen LogP contribution in [0.25, 0.3) is 10.9 Å². The summed E-state index contributed by atoms with van der Waals surface area (Å²) in [5.41, 5.74) is 1.86. The number of anilines is 2. The number of nitrogens with zero attached hydrogens (tertiary/aromatic N) is 5. The number of nitrogens with two attached hydrogens (primary N) is 1. The molecule has 0 amide bonds. The molecule has 3 heterocycles. The van der Waals surface area contributed by atoms with E-state index < -0.39 is 28.8 Å². The van der Waals surface area contributed by atoms with Crippen molar-refractivity contribution < 1.29 is 73.4 Å². The molecule has 4 aromatic rings. The van der Waals surface area contributed by atoms with E-state index in [9.17, 15) is 18.0 Å². The molecule has 3 aliphatic heterocycles. The van der Waals surface area contributed by atoms with Gasteiger partial charge in [0.25, 0.3) is 0 Å². The third-order valence-electron chi connectivity index (χ3n) is 14.3. The second-order valence-electron chi connectivity index (χ2n) is 19.7. The van der Waals surface area contributed by atoms with Crippen LogP contribution in [0.2, 0.25) is 5.02 Å². The number of hydrogen-bond donors (Lipinski definition) is 2. The van der Waals surface area contributed by atoms with E-state index in [1.807, 2.05) is 54.6 Å². The Morgan fingerprint density at radius 3 is 2.36 bits per heavy atom. The zero-order valence-corrected chi connectivity index (χ0v) is 49.4. The summed E-state index contributed by atoms with van der Waals surface area (Å²) in [6, 6.07) is 30.8. The van der Waals surface area contributed by atoms with Gasteiger partial charge in [0.05, 0.1) is 12.3 Å². The molecule has 3 N–H and O–H groups in total. The maximum Gasteiger partial charge on any atom is 0.471 e. The van der Waals surface area contributed by atoms with Crippen LogP contribution in [-0.2, 0) is 53.0 Å².